The van der Waals surface area contributed by atoms with Gasteiger partial charge in [0.15, 0.2) is 11.6 Å². The zero-order valence-corrected chi connectivity index (χ0v) is 20.2. The summed E-state index contributed by atoms with van der Waals surface area (Å²) >= 11 is 0. The van der Waals surface area contributed by atoms with Crippen molar-refractivity contribution in [3.63, 3.8) is 0 Å². The molecule has 0 aliphatic heterocycles. The molecule has 0 saturated heterocycles. The number of carbonyl (C=O) groups is 3. The van der Waals surface area contributed by atoms with E-state index in [2.05, 4.69) is 6.92 Å². The van der Waals surface area contributed by atoms with Crippen molar-refractivity contribution in [2.75, 3.05) is 6.61 Å². The summed E-state index contributed by atoms with van der Waals surface area (Å²) in [6, 6.07) is 6.45. The highest BCUT2D eigenvalue weighted by atomic mass is 19.1. The molecule has 8 heteroatoms. The van der Waals surface area contributed by atoms with Gasteiger partial charge >= 0.3 is 17.9 Å². The molecule has 0 atom stereocenters. The van der Waals surface area contributed by atoms with Crippen molar-refractivity contribution in [2.45, 2.75) is 71.6 Å². The summed E-state index contributed by atoms with van der Waals surface area (Å²) < 4.78 is 43.5. The number of rotatable bonds is 14. The van der Waals surface area contributed by atoms with Gasteiger partial charge in [0.2, 0.25) is 0 Å². The number of halogens is 2. The molecule has 190 valence electrons. The normalized spacial score (nSPS) is 10.6. The van der Waals surface area contributed by atoms with Gasteiger partial charge < -0.3 is 14.2 Å². The van der Waals surface area contributed by atoms with Crippen LogP contribution in [0.25, 0.3) is 0 Å². The van der Waals surface area contributed by atoms with Crippen molar-refractivity contribution in [3.05, 3.63) is 59.2 Å². The van der Waals surface area contributed by atoms with Crippen LogP contribution in [0.1, 0.15) is 92.4 Å². The molecule has 6 nitrogen and oxygen atoms in total. The summed E-state index contributed by atoms with van der Waals surface area (Å²) in [6.07, 6.45) is 8.97. The first-order chi connectivity index (χ1) is 16.8. The molecule has 35 heavy (non-hydrogen) atoms. The minimum atomic E-state index is -1.14. The first kappa shape index (κ1) is 28.0. The summed E-state index contributed by atoms with van der Waals surface area (Å²) in [7, 11) is 0. The third-order valence-corrected chi connectivity index (χ3v) is 5.27. The fraction of sp³-hybridized carbons (Fsp3) is 0.444. The predicted octanol–water partition coefficient (Wildman–Crippen LogP) is 6.80. The van der Waals surface area contributed by atoms with Crippen LogP contribution in [-0.4, -0.2) is 24.5 Å². The average molecular weight is 491 g/mol. The highest BCUT2D eigenvalue weighted by Gasteiger charge is 2.19. The minimum Gasteiger partial charge on any atom is -0.462 e. The third-order valence-electron chi connectivity index (χ3n) is 5.27. The van der Waals surface area contributed by atoms with Crippen LogP contribution in [0.2, 0.25) is 0 Å². The maximum Gasteiger partial charge on any atom is 0.346 e. The van der Waals surface area contributed by atoms with Crippen molar-refractivity contribution in [1.82, 2.24) is 0 Å². The Balaban J connectivity index is 1.85. The number of ether oxygens (including phenoxy) is 3. The zero-order chi connectivity index (χ0) is 25.6. The van der Waals surface area contributed by atoms with Crippen LogP contribution in [-0.2, 0) is 9.53 Å². The van der Waals surface area contributed by atoms with Gasteiger partial charge in [-0.15, -0.1) is 0 Å². The molecule has 0 aliphatic carbocycles. The molecule has 0 aliphatic rings. The maximum atomic E-state index is 14.4. The molecule has 0 aromatic heterocycles. The van der Waals surface area contributed by atoms with Crippen LogP contribution in [0.3, 0.4) is 0 Å². The van der Waals surface area contributed by atoms with Crippen LogP contribution in [0.4, 0.5) is 8.78 Å². The molecule has 0 unspecified atom stereocenters. The number of unbranched alkanes of at least 4 members (excludes halogenated alkanes) is 7. The SMILES string of the molecule is CCCCCCCCCCC(=O)Oc1ccc(C(=O)Oc2ccc(C(=O)OCC)cc2F)c(F)c1. The van der Waals surface area contributed by atoms with Crippen LogP contribution >= 0.6 is 0 Å². The molecule has 2 rings (SSSR count). The van der Waals surface area contributed by atoms with Gasteiger partial charge in [-0.25, -0.2) is 18.4 Å². The van der Waals surface area contributed by atoms with E-state index >= 15 is 0 Å². The molecule has 2 aromatic carbocycles. The topological polar surface area (TPSA) is 78.9 Å². The van der Waals surface area contributed by atoms with Crippen LogP contribution < -0.4 is 9.47 Å². The summed E-state index contributed by atoms with van der Waals surface area (Å²) in [5.74, 6) is -4.79. The summed E-state index contributed by atoms with van der Waals surface area (Å²) in [5, 5.41) is 0. The Labute approximate surface area is 204 Å². The Morgan fingerprint density at radius 1 is 0.743 bits per heavy atom. The van der Waals surface area contributed by atoms with E-state index in [1.54, 1.807) is 6.92 Å². The Bertz CT molecular complexity index is 1010. The van der Waals surface area contributed by atoms with Gasteiger partial charge in [0.1, 0.15) is 11.6 Å². The molecule has 2 aromatic rings. The number of hydrogen-bond donors (Lipinski definition) is 0. The lowest BCUT2D eigenvalue weighted by atomic mass is 10.1. The van der Waals surface area contributed by atoms with E-state index in [-0.39, 0.29) is 24.3 Å². The second kappa shape index (κ2) is 14.9. The van der Waals surface area contributed by atoms with Crippen molar-refractivity contribution in [1.29, 1.82) is 0 Å². The average Bonchev–Trinajstić information content (AvgIpc) is 2.82. The quantitative estimate of drug-likeness (QED) is 0.165. The van der Waals surface area contributed by atoms with Gasteiger partial charge in [-0.3, -0.25) is 4.79 Å². The molecule has 0 saturated carbocycles. The van der Waals surface area contributed by atoms with Crippen LogP contribution in [0.5, 0.6) is 11.5 Å². The van der Waals surface area contributed by atoms with E-state index in [1.165, 1.54) is 37.8 Å². The van der Waals surface area contributed by atoms with E-state index in [9.17, 15) is 23.2 Å². The molecule has 0 heterocycles. The number of carbonyl (C=O) groups excluding carboxylic acids is 3. The smallest absolute Gasteiger partial charge is 0.346 e. The highest BCUT2D eigenvalue weighted by molar-refractivity contribution is 5.92. The summed E-state index contributed by atoms with van der Waals surface area (Å²) in [6.45, 7) is 3.91. The summed E-state index contributed by atoms with van der Waals surface area (Å²) in [5.41, 5.74) is -0.504. The lowest BCUT2D eigenvalue weighted by molar-refractivity contribution is -0.134. The first-order valence-electron chi connectivity index (χ1n) is 12.0. The van der Waals surface area contributed by atoms with Crippen molar-refractivity contribution < 1.29 is 37.4 Å². The first-order valence-corrected chi connectivity index (χ1v) is 12.0. The van der Waals surface area contributed by atoms with E-state index < -0.39 is 40.9 Å². The van der Waals surface area contributed by atoms with Crippen molar-refractivity contribution in [2.24, 2.45) is 0 Å². The molecule has 0 radical (unpaired) electrons. The van der Waals surface area contributed by atoms with E-state index in [0.717, 1.165) is 43.5 Å². The number of hydrogen-bond acceptors (Lipinski definition) is 6. The Hall–Kier alpha value is -3.29. The van der Waals surface area contributed by atoms with Gasteiger partial charge in [0, 0.05) is 12.5 Å². The van der Waals surface area contributed by atoms with Gasteiger partial charge in [-0.2, -0.15) is 0 Å². The second-order valence-corrected chi connectivity index (χ2v) is 8.10. The molecule has 0 amide bonds. The monoisotopic (exact) mass is 490 g/mol. The number of esters is 3. The Kier molecular flexibility index (Phi) is 11.9. The summed E-state index contributed by atoms with van der Waals surface area (Å²) in [4.78, 5) is 36.0. The lowest BCUT2D eigenvalue weighted by Gasteiger charge is -2.09. The van der Waals surface area contributed by atoms with E-state index in [0.29, 0.717) is 6.42 Å². The zero-order valence-electron chi connectivity index (χ0n) is 20.2. The largest absolute Gasteiger partial charge is 0.462 e. The predicted molar refractivity (Wildman–Crippen MR) is 127 cm³/mol. The molecular weight excluding hydrogens is 458 g/mol. The fourth-order valence-corrected chi connectivity index (χ4v) is 3.39. The molecule has 0 spiro atoms. The van der Waals surface area contributed by atoms with Gasteiger partial charge in [-0.05, 0) is 43.7 Å². The van der Waals surface area contributed by atoms with Crippen LogP contribution in [0, 0.1) is 11.6 Å². The van der Waals surface area contributed by atoms with Crippen molar-refractivity contribution >= 4 is 17.9 Å². The van der Waals surface area contributed by atoms with Crippen LogP contribution in [0.15, 0.2) is 36.4 Å². The second-order valence-electron chi connectivity index (χ2n) is 8.10. The molecule has 0 N–H and O–H groups in total. The number of benzene rings is 2. The highest BCUT2D eigenvalue weighted by Crippen LogP contribution is 2.23. The minimum absolute atomic E-state index is 0.0337. The molecule has 0 fully saturated rings. The van der Waals surface area contributed by atoms with Gasteiger partial charge in [0.25, 0.3) is 0 Å². The Morgan fingerprint density at radius 3 is 2.06 bits per heavy atom. The maximum absolute atomic E-state index is 14.4. The van der Waals surface area contributed by atoms with E-state index in [4.69, 9.17) is 14.2 Å². The lowest BCUT2D eigenvalue weighted by Crippen LogP contribution is -2.13. The molecule has 0 bridgehead atoms. The molecular formula is C27H32F2O6. The fourth-order valence-electron chi connectivity index (χ4n) is 3.39. The third kappa shape index (κ3) is 9.47. The standard InChI is InChI=1S/C27H32F2O6/c1-3-5-6-7-8-9-10-11-12-25(30)34-20-14-15-21(22(28)18-20)27(32)35-24-16-13-19(17-23(24)29)26(31)33-4-2/h13-18H,3-12H2,1-2H3. The van der Waals surface area contributed by atoms with Gasteiger partial charge in [-0.1, -0.05) is 51.9 Å². The van der Waals surface area contributed by atoms with Crippen molar-refractivity contribution in [3.8, 4) is 11.5 Å². The van der Waals surface area contributed by atoms with Gasteiger partial charge in [0.05, 0.1) is 17.7 Å². The Morgan fingerprint density at radius 2 is 1.43 bits per heavy atom. The van der Waals surface area contributed by atoms with E-state index in [1.807, 2.05) is 0 Å².